The molecule has 0 amide bonds. The Morgan fingerprint density at radius 2 is 2.15 bits per heavy atom. The van der Waals surface area contributed by atoms with Crippen LogP contribution < -0.4 is 10.1 Å². The third-order valence-electron chi connectivity index (χ3n) is 2.81. The molecule has 0 bridgehead atoms. The summed E-state index contributed by atoms with van der Waals surface area (Å²) >= 11 is 3.32. The average Bonchev–Trinajstić information content (AvgIpc) is 2.92. The SMILES string of the molecule is CC(NCc1cc(Br)ccc1OC(F)F)c1ccco1. The molecule has 20 heavy (non-hydrogen) atoms. The summed E-state index contributed by atoms with van der Waals surface area (Å²) in [5, 5.41) is 3.20. The second kappa shape index (κ2) is 6.85. The summed E-state index contributed by atoms with van der Waals surface area (Å²) in [6.07, 6.45) is 1.60. The minimum atomic E-state index is -2.84. The normalized spacial score (nSPS) is 12.7. The van der Waals surface area contributed by atoms with E-state index < -0.39 is 6.61 Å². The van der Waals surface area contributed by atoms with Crippen LogP contribution in [-0.2, 0) is 6.54 Å². The molecule has 0 saturated heterocycles. The lowest BCUT2D eigenvalue weighted by Gasteiger charge is -2.15. The second-order valence-electron chi connectivity index (χ2n) is 4.25. The lowest BCUT2D eigenvalue weighted by molar-refractivity contribution is -0.0505. The van der Waals surface area contributed by atoms with Gasteiger partial charge >= 0.3 is 6.61 Å². The van der Waals surface area contributed by atoms with Crippen LogP contribution in [0.4, 0.5) is 8.78 Å². The van der Waals surface area contributed by atoms with Gasteiger partial charge < -0.3 is 14.5 Å². The number of hydrogen-bond donors (Lipinski definition) is 1. The third kappa shape index (κ3) is 4.05. The smallest absolute Gasteiger partial charge is 0.387 e. The highest BCUT2D eigenvalue weighted by molar-refractivity contribution is 9.10. The summed E-state index contributed by atoms with van der Waals surface area (Å²) in [5.41, 5.74) is 0.651. The van der Waals surface area contributed by atoms with E-state index in [4.69, 9.17) is 4.42 Å². The quantitative estimate of drug-likeness (QED) is 0.837. The van der Waals surface area contributed by atoms with Gasteiger partial charge in [-0.2, -0.15) is 8.78 Å². The molecule has 1 heterocycles. The molecule has 1 aromatic carbocycles. The minimum Gasteiger partial charge on any atom is -0.468 e. The summed E-state index contributed by atoms with van der Waals surface area (Å²) in [5.74, 6) is 0.957. The zero-order valence-electron chi connectivity index (χ0n) is 10.8. The molecule has 1 N–H and O–H groups in total. The Labute approximate surface area is 124 Å². The van der Waals surface area contributed by atoms with Gasteiger partial charge in [0.1, 0.15) is 11.5 Å². The van der Waals surface area contributed by atoms with Crippen molar-refractivity contribution in [2.24, 2.45) is 0 Å². The molecule has 0 radical (unpaired) electrons. The fourth-order valence-electron chi connectivity index (χ4n) is 1.80. The van der Waals surface area contributed by atoms with Crippen molar-refractivity contribution in [3.05, 3.63) is 52.4 Å². The highest BCUT2D eigenvalue weighted by Crippen LogP contribution is 2.25. The first kappa shape index (κ1) is 15.0. The van der Waals surface area contributed by atoms with E-state index in [1.165, 1.54) is 6.07 Å². The van der Waals surface area contributed by atoms with E-state index in [-0.39, 0.29) is 11.8 Å². The van der Waals surface area contributed by atoms with Gasteiger partial charge in [0.25, 0.3) is 0 Å². The summed E-state index contributed by atoms with van der Waals surface area (Å²) < 4.78 is 35.3. The molecule has 1 atom stereocenters. The van der Waals surface area contributed by atoms with E-state index >= 15 is 0 Å². The summed E-state index contributed by atoms with van der Waals surface area (Å²) in [6, 6.07) is 8.57. The van der Waals surface area contributed by atoms with Crippen molar-refractivity contribution in [3.8, 4) is 5.75 Å². The Bertz CT molecular complexity index is 546. The molecule has 0 fully saturated rings. The number of benzene rings is 1. The number of rotatable bonds is 6. The number of furan rings is 1. The zero-order chi connectivity index (χ0) is 14.5. The molecule has 0 aliphatic carbocycles. The molecular weight excluding hydrogens is 332 g/mol. The Morgan fingerprint density at radius 1 is 1.35 bits per heavy atom. The minimum absolute atomic E-state index is 0.0246. The van der Waals surface area contributed by atoms with Gasteiger partial charge in [-0.05, 0) is 37.3 Å². The highest BCUT2D eigenvalue weighted by Gasteiger charge is 2.12. The van der Waals surface area contributed by atoms with Crippen LogP contribution in [0, 0.1) is 0 Å². The summed E-state index contributed by atoms with van der Waals surface area (Å²) in [4.78, 5) is 0. The molecule has 1 aromatic heterocycles. The number of halogens is 3. The van der Waals surface area contributed by atoms with Gasteiger partial charge in [0, 0.05) is 16.6 Å². The van der Waals surface area contributed by atoms with Gasteiger partial charge in [0.2, 0.25) is 0 Å². The van der Waals surface area contributed by atoms with Crippen molar-refractivity contribution in [1.29, 1.82) is 0 Å². The first-order valence-corrected chi connectivity index (χ1v) is 6.85. The van der Waals surface area contributed by atoms with Crippen molar-refractivity contribution < 1.29 is 17.9 Å². The molecule has 0 aliphatic rings. The molecule has 0 spiro atoms. The topological polar surface area (TPSA) is 34.4 Å². The lowest BCUT2D eigenvalue weighted by atomic mass is 10.2. The number of nitrogens with one attached hydrogen (secondary N) is 1. The van der Waals surface area contributed by atoms with E-state index in [0.717, 1.165) is 10.2 Å². The molecule has 0 aliphatic heterocycles. The molecule has 108 valence electrons. The second-order valence-corrected chi connectivity index (χ2v) is 5.16. The predicted octanol–water partition coefficient (Wildman–Crippen LogP) is 4.49. The van der Waals surface area contributed by atoms with Crippen LogP contribution in [0.25, 0.3) is 0 Å². The highest BCUT2D eigenvalue weighted by atomic mass is 79.9. The van der Waals surface area contributed by atoms with Crippen LogP contribution in [0.1, 0.15) is 24.3 Å². The van der Waals surface area contributed by atoms with E-state index in [0.29, 0.717) is 12.1 Å². The van der Waals surface area contributed by atoms with E-state index in [2.05, 4.69) is 26.0 Å². The van der Waals surface area contributed by atoms with Crippen LogP contribution in [0.5, 0.6) is 5.75 Å². The Hall–Kier alpha value is -1.40. The standard InChI is InChI=1S/C14H14BrF2NO2/c1-9(12-3-2-6-19-12)18-8-10-7-11(15)4-5-13(10)20-14(16)17/h2-7,9,14,18H,8H2,1H3. The molecule has 2 rings (SSSR count). The predicted molar refractivity (Wildman–Crippen MR) is 74.7 cm³/mol. The fourth-order valence-corrected chi connectivity index (χ4v) is 2.21. The van der Waals surface area contributed by atoms with Gasteiger partial charge in [-0.25, -0.2) is 0 Å². The first-order chi connectivity index (χ1) is 9.56. The Balaban J connectivity index is 2.06. The van der Waals surface area contributed by atoms with Crippen LogP contribution in [0.2, 0.25) is 0 Å². The number of alkyl halides is 2. The maximum absolute atomic E-state index is 12.4. The lowest BCUT2D eigenvalue weighted by Crippen LogP contribution is -2.18. The van der Waals surface area contributed by atoms with Crippen molar-refractivity contribution in [2.45, 2.75) is 26.1 Å². The van der Waals surface area contributed by atoms with E-state index in [1.807, 2.05) is 13.0 Å². The van der Waals surface area contributed by atoms with Crippen molar-refractivity contribution >= 4 is 15.9 Å². The Kier molecular flexibility index (Phi) is 5.14. The van der Waals surface area contributed by atoms with Crippen LogP contribution in [-0.4, -0.2) is 6.61 Å². The van der Waals surface area contributed by atoms with Crippen LogP contribution >= 0.6 is 15.9 Å². The van der Waals surface area contributed by atoms with Crippen LogP contribution in [0.3, 0.4) is 0 Å². The molecule has 0 saturated carbocycles. The molecule has 3 nitrogen and oxygen atoms in total. The maximum atomic E-state index is 12.4. The van der Waals surface area contributed by atoms with Gasteiger partial charge in [-0.15, -0.1) is 0 Å². The Morgan fingerprint density at radius 3 is 2.80 bits per heavy atom. The van der Waals surface area contributed by atoms with E-state index in [9.17, 15) is 8.78 Å². The molecule has 1 unspecified atom stereocenters. The van der Waals surface area contributed by atoms with Crippen molar-refractivity contribution in [2.75, 3.05) is 0 Å². The number of hydrogen-bond acceptors (Lipinski definition) is 3. The first-order valence-electron chi connectivity index (χ1n) is 6.06. The summed E-state index contributed by atoms with van der Waals surface area (Å²) in [6.45, 7) is -0.509. The van der Waals surface area contributed by atoms with Gasteiger partial charge in [-0.3, -0.25) is 0 Å². The largest absolute Gasteiger partial charge is 0.468 e. The summed E-state index contributed by atoms with van der Waals surface area (Å²) in [7, 11) is 0. The maximum Gasteiger partial charge on any atom is 0.387 e. The van der Waals surface area contributed by atoms with Crippen molar-refractivity contribution in [3.63, 3.8) is 0 Å². The van der Waals surface area contributed by atoms with Gasteiger partial charge in [0.05, 0.1) is 12.3 Å². The monoisotopic (exact) mass is 345 g/mol. The zero-order valence-corrected chi connectivity index (χ0v) is 12.4. The van der Waals surface area contributed by atoms with Crippen molar-refractivity contribution in [1.82, 2.24) is 5.32 Å². The third-order valence-corrected chi connectivity index (χ3v) is 3.30. The number of ether oxygens (including phenoxy) is 1. The molecular formula is C14H14BrF2NO2. The van der Waals surface area contributed by atoms with Gasteiger partial charge in [0.15, 0.2) is 0 Å². The fraction of sp³-hybridized carbons (Fsp3) is 0.286. The molecule has 2 aromatic rings. The van der Waals surface area contributed by atoms with E-state index in [1.54, 1.807) is 24.5 Å². The molecule has 6 heteroatoms. The van der Waals surface area contributed by atoms with Crippen LogP contribution in [0.15, 0.2) is 45.5 Å². The average molecular weight is 346 g/mol. The van der Waals surface area contributed by atoms with Gasteiger partial charge in [-0.1, -0.05) is 15.9 Å².